The van der Waals surface area contributed by atoms with Crippen LogP contribution in [-0.4, -0.2) is 57.1 Å². The number of aliphatic hydroxyl groups is 1. The molecule has 1 aromatic rings. The molecule has 1 N–H and O–H groups in total. The lowest BCUT2D eigenvalue weighted by Crippen LogP contribution is -2.43. The minimum Gasteiger partial charge on any atom is -0.390 e. The molecule has 0 amide bonds. The molecule has 4 atom stereocenters. The lowest BCUT2D eigenvalue weighted by molar-refractivity contribution is -0.183. The van der Waals surface area contributed by atoms with Crippen molar-refractivity contribution in [1.82, 2.24) is 0 Å². The summed E-state index contributed by atoms with van der Waals surface area (Å²) in [4.78, 5) is 0. The average molecular weight is 386 g/mol. The molecule has 1 aliphatic carbocycles. The van der Waals surface area contributed by atoms with Gasteiger partial charge in [0.2, 0.25) is 0 Å². The summed E-state index contributed by atoms with van der Waals surface area (Å²) >= 11 is 0. The van der Waals surface area contributed by atoms with Crippen molar-refractivity contribution in [1.29, 1.82) is 0 Å². The summed E-state index contributed by atoms with van der Waals surface area (Å²) in [6.45, 7) is 3.97. The molecule has 0 radical (unpaired) electrons. The molecule has 1 saturated heterocycles. The quantitative estimate of drug-likeness (QED) is 0.709. The Kier molecular flexibility index (Phi) is 5.45. The molecule has 8 heteroatoms. The second-order valence-electron chi connectivity index (χ2n) is 7.60. The summed E-state index contributed by atoms with van der Waals surface area (Å²) in [6.07, 6.45) is -0.531. The van der Waals surface area contributed by atoms with Gasteiger partial charge in [0.05, 0.1) is 43.7 Å². The van der Waals surface area contributed by atoms with Crippen LogP contribution >= 0.6 is 0 Å². The monoisotopic (exact) mass is 386 g/mol. The number of hydrogen-bond donors (Lipinski definition) is 1. The van der Waals surface area contributed by atoms with Gasteiger partial charge < -0.3 is 19.3 Å². The number of aliphatic hydroxyl groups excluding tert-OH is 1. The van der Waals surface area contributed by atoms with Crippen LogP contribution in [0.4, 0.5) is 0 Å². The van der Waals surface area contributed by atoms with Crippen molar-refractivity contribution < 1.29 is 31.9 Å². The average Bonchev–Trinajstić information content (AvgIpc) is 3.00. The van der Waals surface area contributed by atoms with Crippen LogP contribution in [0, 0.1) is 5.41 Å². The van der Waals surface area contributed by atoms with Gasteiger partial charge in [0.25, 0.3) is 10.1 Å². The predicted octanol–water partition coefficient (Wildman–Crippen LogP) is 1.45. The number of rotatable bonds is 7. The summed E-state index contributed by atoms with van der Waals surface area (Å²) in [5.74, 6) is -0.855. The highest BCUT2D eigenvalue weighted by molar-refractivity contribution is 7.85. The van der Waals surface area contributed by atoms with Gasteiger partial charge in [0, 0.05) is 0 Å². The molecule has 2 aliphatic rings. The standard InChI is InChI=1S/C18H26O7S/c1-17(2)24-15-14(19)9-18(16(15)25-17,12-23-26(3,20)21)11-22-10-13-7-5-4-6-8-13/h4-8,14-16,19H,9-12H2,1-3H3/t14-,15+,16+,18-/m1/s1. The Labute approximate surface area is 154 Å². The van der Waals surface area contributed by atoms with E-state index >= 15 is 0 Å². The number of ether oxygens (including phenoxy) is 3. The van der Waals surface area contributed by atoms with Crippen LogP contribution in [0.1, 0.15) is 25.8 Å². The fourth-order valence-electron chi connectivity index (χ4n) is 3.69. The van der Waals surface area contributed by atoms with Gasteiger partial charge in [0.15, 0.2) is 5.79 Å². The first-order chi connectivity index (χ1) is 12.1. The van der Waals surface area contributed by atoms with Crippen LogP contribution in [0.25, 0.3) is 0 Å². The molecule has 1 aliphatic heterocycles. The molecule has 7 nitrogen and oxygen atoms in total. The normalized spacial score (nSPS) is 33.3. The van der Waals surface area contributed by atoms with Crippen molar-refractivity contribution >= 4 is 10.1 Å². The van der Waals surface area contributed by atoms with E-state index in [-0.39, 0.29) is 19.6 Å². The maximum atomic E-state index is 11.5. The molecule has 0 unspecified atom stereocenters. The molecule has 1 saturated carbocycles. The van der Waals surface area contributed by atoms with E-state index in [9.17, 15) is 13.5 Å². The fraction of sp³-hybridized carbons (Fsp3) is 0.667. The molecule has 3 rings (SSSR count). The number of fused-ring (bicyclic) bond motifs is 1. The van der Waals surface area contributed by atoms with Gasteiger partial charge in [-0.25, -0.2) is 0 Å². The maximum Gasteiger partial charge on any atom is 0.264 e. The third-order valence-corrected chi connectivity index (χ3v) is 5.34. The second kappa shape index (κ2) is 7.18. The van der Waals surface area contributed by atoms with Crippen LogP contribution in [0.15, 0.2) is 30.3 Å². The van der Waals surface area contributed by atoms with E-state index in [2.05, 4.69) is 0 Å². The molecule has 146 valence electrons. The third-order valence-electron chi connectivity index (χ3n) is 4.79. The van der Waals surface area contributed by atoms with E-state index in [4.69, 9.17) is 18.4 Å². The molecule has 1 aromatic carbocycles. The Morgan fingerprint density at radius 3 is 2.54 bits per heavy atom. The molecule has 0 aromatic heterocycles. The van der Waals surface area contributed by atoms with Crippen molar-refractivity contribution in [3.63, 3.8) is 0 Å². The van der Waals surface area contributed by atoms with Crippen molar-refractivity contribution in [2.75, 3.05) is 19.5 Å². The summed E-state index contributed by atoms with van der Waals surface area (Å²) in [7, 11) is -3.64. The van der Waals surface area contributed by atoms with Gasteiger partial charge in [-0.15, -0.1) is 0 Å². The minimum atomic E-state index is -3.64. The summed E-state index contributed by atoms with van der Waals surface area (Å²) < 4.78 is 45.8. The lowest BCUT2D eigenvalue weighted by Gasteiger charge is -2.34. The van der Waals surface area contributed by atoms with E-state index in [1.165, 1.54) is 0 Å². The smallest absolute Gasteiger partial charge is 0.264 e. The van der Waals surface area contributed by atoms with E-state index in [0.29, 0.717) is 6.61 Å². The van der Waals surface area contributed by atoms with Crippen LogP contribution in [-0.2, 0) is 35.1 Å². The van der Waals surface area contributed by atoms with Crippen molar-refractivity contribution in [3.05, 3.63) is 35.9 Å². The highest BCUT2D eigenvalue weighted by Crippen LogP contribution is 2.49. The van der Waals surface area contributed by atoms with Crippen molar-refractivity contribution in [3.8, 4) is 0 Å². The van der Waals surface area contributed by atoms with Gasteiger partial charge >= 0.3 is 0 Å². The Bertz CT molecular complexity index is 718. The number of benzene rings is 1. The molecule has 2 fully saturated rings. The molecule has 0 spiro atoms. The first kappa shape index (κ1) is 19.7. The first-order valence-corrected chi connectivity index (χ1v) is 10.4. The third kappa shape index (κ3) is 4.44. The van der Waals surface area contributed by atoms with Crippen molar-refractivity contribution in [2.45, 2.75) is 51.0 Å². The largest absolute Gasteiger partial charge is 0.390 e. The Hall–Kier alpha value is -1.03. The maximum absolute atomic E-state index is 11.5. The van der Waals surface area contributed by atoms with Crippen molar-refractivity contribution in [2.24, 2.45) is 5.41 Å². The highest BCUT2D eigenvalue weighted by atomic mass is 32.2. The number of hydrogen-bond acceptors (Lipinski definition) is 7. The van der Waals surface area contributed by atoms with Gasteiger partial charge in [-0.05, 0) is 25.8 Å². The van der Waals surface area contributed by atoms with E-state index < -0.39 is 39.6 Å². The zero-order valence-electron chi connectivity index (χ0n) is 15.3. The topological polar surface area (TPSA) is 91.3 Å². The SMILES string of the molecule is CC1(C)O[C@H]2[C@H](O)C[C@@](COCc3ccccc3)(COS(C)(=O)=O)[C@H]2O1. The van der Waals surface area contributed by atoms with Gasteiger partial charge in [-0.2, -0.15) is 8.42 Å². The van der Waals surface area contributed by atoms with Crippen LogP contribution in [0.3, 0.4) is 0 Å². The molecule has 0 bridgehead atoms. The zero-order valence-corrected chi connectivity index (χ0v) is 16.1. The lowest BCUT2D eigenvalue weighted by atomic mass is 9.85. The van der Waals surface area contributed by atoms with E-state index in [1.807, 2.05) is 30.3 Å². The zero-order chi connectivity index (χ0) is 19.0. The first-order valence-electron chi connectivity index (χ1n) is 8.60. The summed E-state index contributed by atoms with van der Waals surface area (Å²) in [5.41, 5.74) is 0.195. The fourth-order valence-corrected chi connectivity index (χ4v) is 4.14. The predicted molar refractivity (Wildman–Crippen MR) is 93.8 cm³/mol. The summed E-state index contributed by atoms with van der Waals surface area (Å²) in [6, 6.07) is 9.67. The van der Waals surface area contributed by atoms with Gasteiger partial charge in [-0.1, -0.05) is 30.3 Å². The van der Waals surface area contributed by atoms with Gasteiger partial charge in [0.1, 0.15) is 6.10 Å². The van der Waals surface area contributed by atoms with Crippen LogP contribution in [0.2, 0.25) is 0 Å². The second-order valence-corrected chi connectivity index (χ2v) is 9.24. The Morgan fingerprint density at radius 2 is 1.88 bits per heavy atom. The molecular weight excluding hydrogens is 360 g/mol. The molecular formula is C18H26O7S. The minimum absolute atomic E-state index is 0.127. The van der Waals surface area contributed by atoms with E-state index in [1.54, 1.807) is 13.8 Å². The Balaban J connectivity index is 1.76. The highest BCUT2D eigenvalue weighted by Gasteiger charge is 2.61. The Morgan fingerprint density at radius 1 is 1.19 bits per heavy atom. The van der Waals surface area contributed by atoms with Gasteiger partial charge in [-0.3, -0.25) is 4.18 Å². The molecule has 26 heavy (non-hydrogen) atoms. The van der Waals surface area contributed by atoms with E-state index in [0.717, 1.165) is 11.8 Å². The molecule has 1 heterocycles. The van der Waals surface area contributed by atoms with Crippen LogP contribution < -0.4 is 0 Å². The summed E-state index contributed by atoms with van der Waals surface area (Å²) in [5, 5.41) is 10.4. The van der Waals surface area contributed by atoms with Crippen LogP contribution in [0.5, 0.6) is 0 Å².